The van der Waals surface area contributed by atoms with E-state index in [1.807, 2.05) is 0 Å². The number of hydrogen-bond acceptors (Lipinski definition) is 4. The highest BCUT2D eigenvalue weighted by Crippen LogP contribution is 2.35. The summed E-state index contributed by atoms with van der Waals surface area (Å²) < 4.78 is 43.3. The van der Waals surface area contributed by atoms with Crippen molar-refractivity contribution in [3.8, 4) is 5.75 Å². The van der Waals surface area contributed by atoms with Gasteiger partial charge in [0.1, 0.15) is 5.75 Å². The van der Waals surface area contributed by atoms with Crippen LogP contribution in [0.3, 0.4) is 0 Å². The fourth-order valence-electron chi connectivity index (χ4n) is 1.53. The molecule has 10 heteroatoms. The van der Waals surface area contributed by atoms with Crippen molar-refractivity contribution in [2.75, 3.05) is 25.0 Å². The third-order valence-corrected chi connectivity index (χ3v) is 2.51. The predicted octanol–water partition coefficient (Wildman–Crippen LogP) is 1.54. The molecule has 23 heavy (non-hydrogen) atoms. The highest BCUT2D eigenvalue weighted by molar-refractivity contribution is 5.96. The fourth-order valence-corrected chi connectivity index (χ4v) is 1.53. The van der Waals surface area contributed by atoms with Gasteiger partial charge in [-0.15, -0.1) is 12.4 Å². The normalized spacial score (nSPS) is 10.5. The second-order valence-electron chi connectivity index (χ2n) is 4.17. The van der Waals surface area contributed by atoms with Gasteiger partial charge in [0.25, 0.3) is 0 Å². The lowest BCUT2D eigenvalue weighted by molar-refractivity contribution is -0.137. The zero-order chi connectivity index (χ0) is 16.8. The fraction of sp³-hybridized carbons (Fsp3) is 0.385. The van der Waals surface area contributed by atoms with E-state index < -0.39 is 30.1 Å². The molecule has 0 saturated heterocycles. The molecule has 0 bridgehead atoms. The Kier molecular flexibility index (Phi) is 8.41. The van der Waals surface area contributed by atoms with E-state index in [2.05, 4.69) is 10.6 Å². The number of nitrogens with two attached hydrogens (primary N) is 1. The van der Waals surface area contributed by atoms with Crippen molar-refractivity contribution in [1.82, 2.24) is 5.32 Å². The number of anilines is 1. The maximum Gasteiger partial charge on any atom is 0.416 e. The van der Waals surface area contributed by atoms with Crippen LogP contribution in [0.2, 0.25) is 0 Å². The van der Waals surface area contributed by atoms with Gasteiger partial charge in [-0.05, 0) is 25.1 Å². The van der Waals surface area contributed by atoms with E-state index in [1.165, 1.54) is 0 Å². The summed E-state index contributed by atoms with van der Waals surface area (Å²) in [4.78, 5) is 22.6. The van der Waals surface area contributed by atoms with Gasteiger partial charge in [0.05, 0.1) is 30.9 Å². The third-order valence-electron chi connectivity index (χ3n) is 2.51. The number of amides is 2. The number of rotatable bonds is 6. The first-order valence-corrected chi connectivity index (χ1v) is 6.38. The Morgan fingerprint density at radius 1 is 1.26 bits per heavy atom. The Labute approximate surface area is 137 Å². The molecular weight excluding hydrogens is 339 g/mol. The smallest absolute Gasteiger partial charge is 0.416 e. The molecule has 0 saturated carbocycles. The summed E-state index contributed by atoms with van der Waals surface area (Å²) in [5.74, 6) is -1.14. The number of ether oxygens (including phenoxy) is 1. The van der Waals surface area contributed by atoms with E-state index in [9.17, 15) is 22.8 Å². The summed E-state index contributed by atoms with van der Waals surface area (Å²) in [6.45, 7) is 1.18. The van der Waals surface area contributed by atoms with Gasteiger partial charge < -0.3 is 21.1 Å². The van der Waals surface area contributed by atoms with Crippen molar-refractivity contribution in [2.45, 2.75) is 13.1 Å². The standard InChI is InChI=1S/C13H16F3N3O3.ClH/c1-2-22-10-4-3-8(13(14,15)16)5-9(10)19-12(21)7-18-11(20)6-17;/h3-5H,2,6-7,17H2,1H3,(H,18,20)(H,19,21);1H. The number of nitrogens with one attached hydrogen (secondary N) is 2. The van der Waals surface area contributed by atoms with Gasteiger partial charge in [0.2, 0.25) is 11.8 Å². The largest absolute Gasteiger partial charge is 0.492 e. The summed E-state index contributed by atoms with van der Waals surface area (Å²) in [5, 5.41) is 4.48. The van der Waals surface area contributed by atoms with E-state index in [0.717, 1.165) is 18.2 Å². The van der Waals surface area contributed by atoms with Crippen LogP contribution in [0.15, 0.2) is 18.2 Å². The molecule has 6 nitrogen and oxygen atoms in total. The van der Waals surface area contributed by atoms with Gasteiger partial charge in [0.15, 0.2) is 0 Å². The molecule has 130 valence electrons. The molecule has 0 spiro atoms. The molecule has 4 N–H and O–H groups in total. The van der Waals surface area contributed by atoms with Crippen molar-refractivity contribution >= 4 is 29.9 Å². The summed E-state index contributed by atoms with van der Waals surface area (Å²) in [6, 6.07) is 2.75. The maximum absolute atomic E-state index is 12.7. The van der Waals surface area contributed by atoms with Crippen molar-refractivity contribution in [3.05, 3.63) is 23.8 Å². The molecule has 1 rings (SSSR count). The number of halogens is 4. The topological polar surface area (TPSA) is 93.5 Å². The van der Waals surface area contributed by atoms with Crippen LogP contribution in [-0.4, -0.2) is 31.5 Å². The Hall–Kier alpha value is -2.00. The van der Waals surface area contributed by atoms with Crippen LogP contribution in [0.1, 0.15) is 12.5 Å². The molecule has 0 aromatic heterocycles. The quantitative estimate of drug-likeness (QED) is 0.721. The van der Waals surface area contributed by atoms with Crippen LogP contribution in [0.5, 0.6) is 5.75 Å². The molecule has 0 atom stereocenters. The minimum Gasteiger partial charge on any atom is -0.492 e. The second-order valence-corrected chi connectivity index (χ2v) is 4.17. The van der Waals surface area contributed by atoms with Gasteiger partial charge in [-0.1, -0.05) is 0 Å². The molecule has 1 aromatic rings. The van der Waals surface area contributed by atoms with Gasteiger partial charge in [0, 0.05) is 0 Å². The first-order chi connectivity index (χ1) is 10.3. The van der Waals surface area contributed by atoms with Crippen LogP contribution >= 0.6 is 12.4 Å². The van der Waals surface area contributed by atoms with Crippen LogP contribution < -0.4 is 21.1 Å². The average Bonchev–Trinajstić information content (AvgIpc) is 2.45. The van der Waals surface area contributed by atoms with Gasteiger partial charge in [-0.25, -0.2) is 0 Å². The van der Waals surface area contributed by atoms with Gasteiger partial charge in [-0.3, -0.25) is 9.59 Å². The summed E-state index contributed by atoms with van der Waals surface area (Å²) in [7, 11) is 0. The molecule has 0 aliphatic rings. The van der Waals surface area contributed by atoms with Gasteiger partial charge in [-0.2, -0.15) is 13.2 Å². The Bertz CT molecular complexity index is 553. The molecule has 1 aromatic carbocycles. The molecule has 2 amide bonds. The summed E-state index contributed by atoms with van der Waals surface area (Å²) in [6.07, 6.45) is -4.54. The number of carbonyl (C=O) groups is 2. The Morgan fingerprint density at radius 3 is 2.43 bits per heavy atom. The Morgan fingerprint density at radius 2 is 1.91 bits per heavy atom. The molecule has 0 fully saturated rings. The second kappa shape index (κ2) is 9.21. The zero-order valence-electron chi connectivity index (χ0n) is 12.2. The van der Waals surface area contributed by atoms with Crippen LogP contribution in [0.4, 0.5) is 18.9 Å². The highest BCUT2D eigenvalue weighted by atomic mass is 35.5. The maximum atomic E-state index is 12.7. The monoisotopic (exact) mass is 355 g/mol. The molecule has 0 aliphatic carbocycles. The Balaban J connectivity index is 0.00000484. The number of carbonyl (C=O) groups excluding carboxylic acids is 2. The van der Waals surface area contributed by atoms with Crippen LogP contribution in [0, 0.1) is 0 Å². The molecule has 0 unspecified atom stereocenters. The van der Waals surface area contributed by atoms with E-state index in [0.29, 0.717) is 0 Å². The van der Waals surface area contributed by atoms with E-state index >= 15 is 0 Å². The SMILES string of the molecule is CCOc1ccc(C(F)(F)F)cc1NC(=O)CNC(=O)CN.Cl. The summed E-state index contributed by atoms with van der Waals surface area (Å²) in [5.41, 5.74) is 4.01. The van der Waals surface area contributed by atoms with Gasteiger partial charge >= 0.3 is 6.18 Å². The van der Waals surface area contributed by atoms with Crippen molar-refractivity contribution in [1.29, 1.82) is 0 Å². The highest BCUT2D eigenvalue weighted by Gasteiger charge is 2.31. The molecular formula is C13H17ClF3N3O3. The minimum absolute atomic E-state index is 0. The zero-order valence-corrected chi connectivity index (χ0v) is 13.0. The summed E-state index contributed by atoms with van der Waals surface area (Å²) >= 11 is 0. The number of hydrogen-bond donors (Lipinski definition) is 3. The van der Waals surface area contributed by atoms with Crippen molar-refractivity contribution in [2.24, 2.45) is 5.73 Å². The molecule has 0 radical (unpaired) electrons. The molecule has 0 aliphatic heterocycles. The first kappa shape index (κ1) is 21.0. The molecule has 0 heterocycles. The van der Waals surface area contributed by atoms with E-state index in [4.69, 9.17) is 10.5 Å². The lowest BCUT2D eigenvalue weighted by atomic mass is 10.1. The third kappa shape index (κ3) is 6.74. The van der Waals surface area contributed by atoms with E-state index in [1.54, 1.807) is 6.92 Å². The average molecular weight is 356 g/mol. The lowest BCUT2D eigenvalue weighted by Gasteiger charge is -2.14. The van der Waals surface area contributed by atoms with Crippen LogP contribution in [0.25, 0.3) is 0 Å². The van der Waals surface area contributed by atoms with Crippen LogP contribution in [-0.2, 0) is 15.8 Å². The van der Waals surface area contributed by atoms with Crippen molar-refractivity contribution in [3.63, 3.8) is 0 Å². The van der Waals surface area contributed by atoms with E-state index in [-0.39, 0.29) is 37.0 Å². The lowest BCUT2D eigenvalue weighted by Crippen LogP contribution is -2.36. The van der Waals surface area contributed by atoms with Crippen molar-refractivity contribution < 1.29 is 27.5 Å². The minimum atomic E-state index is -4.54. The first-order valence-electron chi connectivity index (χ1n) is 6.38. The number of alkyl halides is 3. The predicted molar refractivity (Wildman–Crippen MR) is 80.6 cm³/mol. The number of benzene rings is 1.